The van der Waals surface area contributed by atoms with Gasteiger partial charge in [-0.1, -0.05) is 36.4 Å². The lowest BCUT2D eigenvalue weighted by Gasteiger charge is -1.94. The van der Waals surface area contributed by atoms with Gasteiger partial charge in [-0.15, -0.1) is 11.3 Å². The second kappa shape index (κ2) is 5.34. The molecule has 0 spiro atoms. The Morgan fingerprint density at radius 2 is 2.00 bits per heavy atom. The summed E-state index contributed by atoms with van der Waals surface area (Å²) in [6, 6.07) is 14.1. The predicted molar refractivity (Wildman–Crippen MR) is 82.4 cm³/mol. The van der Waals surface area contributed by atoms with E-state index >= 15 is 0 Å². The maximum Gasteiger partial charge on any atom is 0.198 e. The van der Waals surface area contributed by atoms with Crippen molar-refractivity contribution in [2.45, 2.75) is 0 Å². The number of rotatable bonds is 3. The first-order chi connectivity index (χ1) is 9.33. The fraction of sp³-hybridized carbons (Fsp3) is 0. The van der Waals surface area contributed by atoms with Crippen LogP contribution in [0.4, 0.5) is 0 Å². The Morgan fingerprint density at radius 3 is 2.74 bits per heavy atom. The van der Waals surface area contributed by atoms with Crippen molar-refractivity contribution in [2.24, 2.45) is 5.10 Å². The molecular formula is C14H11N3S2. The average Bonchev–Trinajstić information content (AvgIpc) is 3.07. The van der Waals surface area contributed by atoms with Crippen LogP contribution in [0.2, 0.25) is 0 Å². The Balaban J connectivity index is 1.92. The molecule has 3 aromatic rings. The molecule has 1 aromatic carbocycles. The van der Waals surface area contributed by atoms with Crippen LogP contribution in [-0.4, -0.2) is 15.9 Å². The minimum Gasteiger partial charge on any atom is -0.329 e. The molecule has 2 heterocycles. The molecule has 0 amide bonds. The summed E-state index contributed by atoms with van der Waals surface area (Å²) in [6.07, 6.45) is 3.71. The molecule has 0 aliphatic carbocycles. The van der Waals surface area contributed by atoms with E-state index < -0.39 is 0 Å². The largest absolute Gasteiger partial charge is 0.329 e. The summed E-state index contributed by atoms with van der Waals surface area (Å²) in [5.41, 5.74) is 2.06. The third-order valence-electron chi connectivity index (χ3n) is 2.64. The van der Waals surface area contributed by atoms with E-state index in [2.05, 4.69) is 10.1 Å². The van der Waals surface area contributed by atoms with E-state index in [1.165, 1.54) is 0 Å². The van der Waals surface area contributed by atoms with Gasteiger partial charge in [0.25, 0.3) is 0 Å². The van der Waals surface area contributed by atoms with Crippen molar-refractivity contribution in [3.05, 3.63) is 63.7 Å². The summed E-state index contributed by atoms with van der Waals surface area (Å²) >= 11 is 6.91. The maximum absolute atomic E-state index is 5.26. The second-order valence-electron chi connectivity index (χ2n) is 3.94. The molecule has 0 saturated carbocycles. The molecule has 0 aliphatic rings. The number of nitrogens with zero attached hydrogens (tertiary/aromatic N) is 2. The molecule has 3 rings (SSSR count). The third kappa shape index (κ3) is 2.72. The Labute approximate surface area is 119 Å². The van der Waals surface area contributed by atoms with Gasteiger partial charge in [0.05, 0.1) is 18.1 Å². The fourth-order valence-electron chi connectivity index (χ4n) is 1.72. The SMILES string of the molecule is S=c1[nH]c(-c2ccccc2)cn1/N=C\c1cccs1. The molecule has 0 fully saturated rings. The van der Waals surface area contributed by atoms with Crippen LogP contribution in [0.3, 0.4) is 0 Å². The topological polar surface area (TPSA) is 33.1 Å². The first-order valence-electron chi connectivity index (χ1n) is 5.78. The van der Waals surface area contributed by atoms with E-state index in [9.17, 15) is 0 Å². The first-order valence-corrected chi connectivity index (χ1v) is 7.07. The zero-order chi connectivity index (χ0) is 13.1. The minimum absolute atomic E-state index is 0.589. The van der Waals surface area contributed by atoms with Crippen LogP contribution in [0.15, 0.2) is 59.1 Å². The number of hydrogen-bond donors (Lipinski definition) is 1. The summed E-state index contributed by atoms with van der Waals surface area (Å²) in [5.74, 6) is 0. The van der Waals surface area contributed by atoms with E-state index in [4.69, 9.17) is 12.2 Å². The highest BCUT2D eigenvalue weighted by Crippen LogP contribution is 2.16. The van der Waals surface area contributed by atoms with Crippen LogP contribution in [0.1, 0.15) is 4.88 Å². The Kier molecular flexibility index (Phi) is 3.39. The first kappa shape index (κ1) is 12.1. The van der Waals surface area contributed by atoms with Crippen molar-refractivity contribution >= 4 is 29.8 Å². The van der Waals surface area contributed by atoms with Crippen molar-refractivity contribution in [3.63, 3.8) is 0 Å². The standard InChI is InChI=1S/C14H11N3S2/c18-14-16-13(11-5-2-1-3-6-11)10-17(14)15-9-12-7-4-8-19-12/h1-10H,(H,16,18)/b15-9-. The van der Waals surface area contributed by atoms with Crippen LogP contribution in [0.25, 0.3) is 11.3 Å². The highest BCUT2D eigenvalue weighted by molar-refractivity contribution is 7.71. The van der Waals surface area contributed by atoms with Crippen LogP contribution in [0, 0.1) is 4.77 Å². The van der Waals surface area contributed by atoms with Gasteiger partial charge in [-0.25, -0.2) is 4.68 Å². The van der Waals surface area contributed by atoms with Gasteiger partial charge in [0.2, 0.25) is 0 Å². The van der Waals surface area contributed by atoms with E-state index in [0.717, 1.165) is 16.1 Å². The second-order valence-corrected chi connectivity index (χ2v) is 5.31. The fourth-order valence-corrected chi connectivity index (χ4v) is 2.51. The predicted octanol–water partition coefficient (Wildman–Crippen LogP) is 4.16. The molecule has 0 saturated heterocycles. The quantitative estimate of drug-likeness (QED) is 0.569. The number of hydrogen-bond acceptors (Lipinski definition) is 3. The molecule has 1 N–H and O–H groups in total. The molecular weight excluding hydrogens is 274 g/mol. The smallest absolute Gasteiger partial charge is 0.198 e. The van der Waals surface area contributed by atoms with Crippen molar-refractivity contribution in [2.75, 3.05) is 0 Å². The van der Waals surface area contributed by atoms with Crippen molar-refractivity contribution in [1.82, 2.24) is 9.66 Å². The Bertz CT molecular complexity index is 737. The summed E-state index contributed by atoms with van der Waals surface area (Å²) < 4.78 is 2.27. The van der Waals surface area contributed by atoms with Crippen molar-refractivity contribution < 1.29 is 0 Å². The summed E-state index contributed by atoms with van der Waals surface area (Å²) in [7, 11) is 0. The van der Waals surface area contributed by atoms with Crippen LogP contribution < -0.4 is 0 Å². The van der Waals surface area contributed by atoms with E-state index in [-0.39, 0.29) is 0 Å². The number of nitrogens with one attached hydrogen (secondary N) is 1. The lowest BCUT2D eigenvalue weighted by atomic mass is 10.2. The number of benzene rings is 1. The molecule has 0 radical (unpaired) electrons. The molecule has 5 heteroatoms. The van der Waals surface area contributed by atoms with Crippen molar-refractivity contribution in [1.29, 1.82) is 0 Å². The molecule has 19 heavy (non-hydrogen) atoms. The molecule has 0 atom stereocenters. The van der Waals surface area contributed by atoms with Gasteiger partial charge in [0, 0.05) is 4.88 Å². The Hall–Kier alpha value is -1.98. The summed E-state index contributed by atoms with van der Waals surface area (Å²) in [4.78, 5) is 4.26. The summed E-state index contributed by atoms with van der Waals surface area (Å²) in [6.45, 7) is 0. The van der Waals surface area contributed by atoms with Gasteiger partial charge in [-0.3, -0.25) is 0 Å². The Morgan fingerprint density at radius 1 is 1.16 bits per heavy atom. The lowest BCUT2D eigenvalue weighted by molar-refractivity contribution is 0.865. The number of thiophene rings is 1. The van der Waals surface area contributed by atoms with E-state index in [0.29, 0.717) is 4.77 Å². The maximum atomic E-state index is 5.26. The van der Waals surface area contributed by atoms with Gasteiger partial charge in [-0.05, 0) is 29.2 Å². The molecule has 2 aromatic heterocycles. The molecule has 0 aliphatic heterocycles. The number of imidazole rings is 1. The van der Waals surface area contributed by atoms with E-state index in [1.807, 2.05) is 60.3 Å². The van der Waals surface area contributed by atoms with Crippen LogP contribution in [0.5, 0.6) is 0 Å². The molecule has 0 unspecified atom stereocenters. The molecule has 94 valence electrons. The molecule has 3 nitrogen and oxygen atoms in total. The van der Waals surface area contributed by atoms with Gasteiger partial charge in [0.1, 0.15) is 0 Å². The highest BCUT2D eigenvalue weighted by Gasteiger charge is 2.01. The summed E-state index contributed by atoms with van der Waals surface area (Å²) in [5, 5.41) is 6.38. The van der Waals surface area contributed by atoms with Gasteiger partial charge in [-0.2, -0.15) is 5.10 Å². The van der Waals surface area contributed by atoms with E-state index in [1.54, 1.807) is 16.0 Å². The van der Waals surface area contributed by atoms with Crippen LogP contribution >= 0.6 is 23.6 Å². The zero-order valence-electron chi connectivity index (χ0n) is 9.98. The van der Waals surface area contributed by atoms with Gasteiger partial charge in [0.15, 0.2) is 4.77 Å². The number of aromatic amines is 1. The third-order valence-corrected chi connectivity index (χ3v) is 3.73. The zero-order valence-corrected chi connectivity index (χ0v) is 11.6. The normalized spacial score (nSPS) is 11.2. The average molecular weight is 285 g/mol. The van der Waals surface area contributed by atoms with Gasteiger partial charge < -0.3 is 4.98 Å². The number of aromatic nitrogens is 2. The monoisotopic (exact) mass is 285 g/mol. The van der Waals surface area contributed by atoms with Gasteiger partial charge >= 0.3 is 0 Å². The van der Waals surface area contributed by atoms with Crippen molar-refractivity contribution in [3.8, 4) is 11.3 Å². The highest BCUT2D eigenvalue weighted by atomic mass is 32.1. The lowest BCUT2D eigenvalue weighted by Crippen LogP contribution is -1.86. The molecule has 0 bridgehead atoms. The minimum atomic E-state index is 0.589. The van der Waals surface area contributed by atoms with Crippen LogP contribution in [-0.2, 0) is 0 Å². The number of H-pyrrole nitrogens is 1.